The lowest BCUT2D eigenvalue weighted by molar-refractivity contribution is 0.356. The minimum Gasteiger partial charge on any atom is -0.307 e. The van der Waals surface area contributed by atoms with Crippen LogP contribution >= 0.6 is 15.9 Å². The topological polar surface area (TPSA) is 12.0 Å². The molecule has 0 saturated heterocycles. The van der Waals surface area contributed by atoms with Crippen molar-refractivity contribution < 1.29 is 0 Å². The number of hydrogen-bond donors (Lipinski definition) is 1. The third-order valence-electron chi connectivity index (χ3n) is 4.15. The number of nitrogens with one attached hydrogen (secondary N) is 1. The molecule has 0 amide bonds. The normalized spacial score (nSPS) is 28.3. The first-order valence-electron chi connectivity index (χ1n) is 6.89. The summed E-state index contributed by atoms with van der Waals surface area (Å²) in [5.74, 6) is 0.773. The summed E-state index contributed by atoms with van der Waals surface area (Å²) in [6.45, 7) is 9.41. The van der Waals surface area contributed by atoms with E-state index in [-0.39, 0.29) is 0 Å². The number of benzene rings is 1. The van der Waals surface area contributed by atoms with E-state index in [0.29, 0.717) is 17.5 Å². The second kappa shape index (κ2) is 5.34. The van der Waals surface area contributed by atoms with Crippen LogP contribution < -0.4 is 5.32 Å². The Labute approximate surface area is 119 Å². The summed E-state index contributed by atoms with van der Waals surface area (Å²) in [5, 5.41) is 3.81. The van der Waals surface area contributed by atoms with Crippen molar-refractivity contribution in [3.8, 4) is 0 Å². The molecule has 1 aromatic carbocycles. The molecule has 1 N–H and O–H groups in total. The lowest BCUT2D eigenvalue weighted by Gasteiger charge is -2.24. The highest BCUT2D eigenvalue weighted by molar-refractivity contribution is 9.10. The SMILES string of the molecule is CC1CC(C)(C)CC1N[C@H](C)c1cccc(Br)c1. The number of rotatable bonds is 3. The average molecular weight is 310 g/mol. The fourth-order valence-corrected chi connectivity index (χ4v) is 3.73. The molecule has 0 aliphatic heterocycles. The van der Waals surface area contributed by atoms with Crippen molar-refractivity contribution in [3.63, 3.8) is 0 Å². The number of halogens is 1. The van der Waals surface area contributed by atoms with Crippen molar-refractivity contribution in [2.24, 2.45) is 11.3 Å². The standard InChI is InChI=1S/C16H24BrN/c1-11-9-16(3,4)10-15(11)18-12(2)13-6-5-7-14(17)8-13/h5-8,11-12,15,18H,9-10H2,1-4H3/t11?,12-,15?/m1/s1. The van der Waals surface area contributed by atoms with Crippen molar-refractivity contribution in [1.82, 2.24) is 5.32 Å². The zero-order valence-electron chi connectivity index (χ0n) is 11.8. The molecule has 1 aliphatic carbocycles. The average Bonchev–Trinajstić information content (AvgIpc) is 2.51. The van der Waals surface area contributed by atoms with E-state index in [0.717, 1.165) is 10.4 Å². The van der Waals surface area contributed by atoms with E-state index >= 15 is 0 Å². The summed E-state index contributed by atoms with van der Waals surface area (Å²) in [5.41, 5.74) is 1.86. The largest absolute Gasteiger partial charge is 0.307 e. The molecule has 3 atom stereocenters. The molecule has 1 saturated carbocycles. The first-order valence-corrected chi connectivity index (χ1v) is 7.68. The minimum absolute atomic E-state index is 0.420. The van der Waals surface area contributed by atoms with Gasteiger partial charge in [0, 0.05) is 16.6 Å². The molecule has 1 aromatic rings. The molecular formula is C16H24BrN. The predicted molar refractivity (Wildman–Crippen MR) is 81.7 cm³/mol. The molecule has 18 heavy (non-hydrogen) atoms. The second-order valence-corrected chi connectivity index (χ2v) is 7.52. The van der Waals surface area contributed by atoms with Gasteiger partial charge in [0.25, 0.3) is 0 Å². The maximum absolute atomic E-state index is 3.81. The third-order valence-corrected chi connectivity index (χ3v) is 4.64. The van der Waals surface area contributed by atoms with Gasteiger partial charge in [-0.25, -0.2) is 0 Å². The van der Waals surface area contributed by atoms with Crippen molar-refractivity contribution in [3.05, 3.63) is 34.3 Å². The van der Waals surface area contributed by atoms with Gasteiger partial charge >= 0.3 is 0 Å². The van der Waals surface area contributed by atoms with Crippen LogP contribution in [0.5, 0.6) is 0 Å². The van der Waals surface area contributed by atoms with Gasteiger partial charge in [-0.3, -0.25) is 0 Å². The monoisotopic (exact) mass is 309 g/mol. The summed E-state index contributed by atoms with van der Waals surface area (Å²) in [6, 6.07) is 9.67. The molecule has 0 heterocycles. The highest BCUT2D eigenvalue weighted by atomic mass is 79.9. The van der Waals surface area contributed by atoms with Gasteiger partial charge in [0.05, 0.1) is 0 Å². The Balaban J connectivity index is 2.02. The van der Waals surface area contributed by atoms with E-state index in [2.05, 4.69) is 73.2 Å². The maximum atomic E-state index is 3.81. The molecule has 1 fully saturated rings. The minimum atomic E-state index is 0.420. The van der Waals surface area contributed by atoms with E-state index in [9.17, 15) is 0 Å². The van der Waals surface area contributed by atoms with Gasteiger partial charge in [0.1, 0.15) is 0 Å². The molecule has 0 radical (unpaired) electrons. The van der Waals surface area contributed by atoms with Gasteiger partial charge in [0.15, 0.2) is 0 Å². The van der Waals surface area contributed by atoms with E-state index in [1.54, 1.807) is 0 Å². The van der Waals surface area contributed by atoms with Crippen LogP contribution in [-0.4, -0.2) is 6.04 Å². The Morgan fingerprint density at radius 1 is 1.33 bits per heavy atom. The zero-order valence-corrected chi connectivity index (χ0v) is 13.4. The van der Waals surface area contributed by atoms with E-state index in [1.807, 2.05) is 0 Å². The molecule has 2 unspecified atom stereocenters. The Hall–Kier alpha value is -0.340. The molecular weight excluding hydrogens is 286 g/mol. The number of hydrogen-bond acceptors (Lipinski definition) is 1. The Bertz CT molecular complexity index is 413. The van der Waals surface area contributed by atoms with Crippen LogP contribution in [0.25, 0.3) is 0 Å². The highest BCUT2D eigenvalue weighted by Crippen LogP contribution is 2.41. The summed E-state index contributed by atoms with van der Waals surface area (Å²) < 4.78 is 1.16. The van der Waals surface area contributed by atoms with E-state index < -0.39 is 0 Å². The van der Waals surface area contributed by atoms with Crippen LogP contribution in [0.2, 0.25) is 0 Å². The van der Waals surface area contributed by atoms with Crippen LogP contribution in [0.15, 0.2) is 28.7 Å². The van der Waals surface area contributed by atoms with Crippen LogP contribution in [0, 0.1) is 11.3 Å². The smallest absolute Gasteiger partial charge is 0.0294 e. The third kappa shape index (κ3) is 3.36. The van der Waals surface area contributed by atoms with Crippen LogP contribution in [0.3, 0.4) is 0 Å². The fourth-order valence-electron chi connectivity index (χ4n) is 3.31. The molecule has 2 rings (SSSR count). The first-order chi connectivity index (χ1) is 8.37. The van der Waals surface area contributed by atoms with Crippen LogP contribution in [0.4, 0.5) is 0 Å². The Morgan fingerprint density at radius 2 is 2.06 bits per heavy atom. The van der Waals surface area contributed by atoms with Crippen molar-refractivity contribution in [1.29, 1.82) is 0 Å². The Morgan fingerprint density at radius 3 is 2.61 bits per heavy atom. The first kappa shape index (κ1) is 14.1. The highest BCUT2D eigenvalue weighted by Gasteiger charge is 2.36. The van der Waals surface area contributed by atoms with Gasteiger partial charge in [-0.1, -0.05) is 48.8 Å². The van der Waals surface area contributed by atoms with Crippen molar-refractivity contribution in [2.75, 3.05) is 0 Å². The van der Waals surface area contributed by atoms with Crippen molar-refractivity contribution in [2.45, 2.75) is 52.6 Å². The van der Waals surface area contributed by atoms with E-state index in [1.165, 1.54) is 18.4 Å². The summed E-state index contributed by atoms with van der Waals surface area (Å²) in [7, 11) is 0. The van der Waals surface area contributed by atoms with Crippen LogP contribution in [-0.2, 0) is 0 Å². The van der Waals surface area contributed by atoms with Crippen LogP contribution in [0.1, 0.15) is 52.1 Å². The lowest BCUT2D eigenvalue weighted by atomic mass is 9.91. The van der Waals surface area contributed by atoms with Gasteiger partial charge in [0.2, 0.25) is 0 Å². The molecule has 0 spiro atoms. The Kier molecular flexibility index (Phi) is 4.18. The zero-order chi connectivity index (χ0) is 13.3. The summed E-state index contributed by atoms with van der Waals surface area (Å²) >= 11 is 3.55. The molecule has 1 aliphatic rings. The molecule has 100 valence electrons. The predicted octanol–water partition coefficient (Wildman–Crippen LogP) is 4.92. The summed E-state index contributed by atoms with van der Waals surface area (Å²) in [4.78, 5) is 0. The fraction of sp³-hybridized carbons (Fsp3) is 0.625. The van der Waals surface area contributed by atoms with Crippen molar-refractivity contribution >= 4 is 15.9 Å². The van der Waals surface area contributed by atoms with Gasteiger partial charge < -0.3 is 5.32 Å². The maximum Gasteiger partial charge on any atom is 0.0294 e. The van der Waals surface area contributed by atoms with Gasteiger partial charge in [-0.15, -0.1) is 0 Å². The van der Waals surface area contributed by atoms with Gasteiger partial charge in [-0.2, -0.15) is 0 Å². The molecule has 0 aromatic heterocycles. The molecule has 1 nitrogen and oxygen atoms in total. The molecule has 0 bridgehead atoms. The quantitative estimate of drug-likeness (QED) is 0.835. The lowest BCUT2D eigenvalue weighted by Crippen LogP contribution is -2.33. The molecule has 2 heteroatoms. The second-order valence-electron chi connectivity index (χ2n) is 6.60. The van der Waals surface area contributed by atoms with E-state index in [4.69, 9.17) is 0 Å². The summed E-state index contributed by atoms with van der Waals surface area (Å²) in [6.07, 6.45) is 2.61. The van der Waals surface area contributed by atoms with Gasteiger partial charge in [-0.05, 0) is 48.8 Å².